The molecule has 0 spiro atoms. The average Bonchev–Trinajstić information content (AvgIpc) is 3.09. The zero-order chi connectivity index (χ0) is 19.6. The summed E-state index contributed by atoms with van der Waals surface area (Å²) in [6.07, 6.45) is 0. The lowest BCUT2D eigenvalue weighted by Gasteiger charge is -2.10. The molecule has 27 heavy (non-hydrogen) atoms. The Morgan fingerprint density at radius 1 is 1.00 bits per heavy atom. The second-order valence-corrected chi connectivity index (χ2v) is 7.65. The van der Waals surface area contributed by atoms with Gasteiger partial charge in [0.15, 0.2) is 10.7 Å². The van der Waals surface area contributed by atoms with Gasteiger partial charge in [0.1, 0.15) is 6.07 Å². The Bertz CT molecular complexity index is 1050. The smallest absolute Gasteiger partial charge is 0.196 e. The van der Waals surface area contributed by atoms with E-state index in [1.807, 2.05) is 19.2 Å². The molecule has 0 fully saturated rings. The van der Waals surface area contributed by atoms with E-state index < -0.39 is 0 Å². The largest absolute Gasteiger partial charge is 0.277 e. The lowest BCUT2D eigenvalue weighted by Crippen LogP contribution is -2.03. The molecule has 0 saturated carbocycles. The predicted octanol–water partition coefficient (Wildman–Crippen LogP) is 5.69. The minimum absolute atomic E-state index is 0.287. The van der Waals surface area contributed by atoms with Crippen LogP contribution in [0.3, 0.4) is 0 Å². The standard InChI is InChI=1S/C22H22N4S/c1-13-8-16(4)21(17(5)9-13)26-25-19(11-23)22-24-20(12-27-22)18-7-6-14(2)15(3)10-18/h6-10,12,26H,1-5H3. The summed E-state index contributed by atoms with van der Waals surface area (Å²) in [5, 5.41) is 16.5. The molecule has 3 rings (SSSR count). The Morgan fingerprint density at radius 3 is 2.33 bits per heavy atom. The van der Waals surface area contributed by atoms with Crippen LogP contribution in [0, 0.1) is 45.9 Å². The van der Waals surface area contributed by atoms with Crippen LogP contribution in [0.5, 0.6) is 0 Å². The minimum atomic E-state index is 0.287. The van der Waals surface area contributed by atoms with Crippen molar-refractivity contribution in [3.63, 3.8) is 0 Å². The molecule has 0 saturated heterocycles. The lowest BCUT2D eigenvalue weighted by molar-refractivity contribution is 1.24. The number of aryl methyl sites for hydroxylation is 5. The first-order valence-electron chi connectivity index (χ1n) is 8.74. The van der Waals surface area contributed by atoms with Crippen LogP contribution in [0.1, 0.15) is 32.8 Å². The van der Waals surface area contributed by atoms with Crippen molar-refractivity contribution >= 4 is 22.7 Å². The summed E-state index contributed by atoms with van der Waals surface area (Å²) >= 11 is 1.43. The molecule has 0 radical (unpaired) electrons. The summed E-state index contributed by atoms with van der Waals surface area (Å²) in [5.41, 5.74) is 12.1. The first-order valence-corrected chi connectivity index (χ1v) is 9.62. The molecule has 0 aliphatic carbocycles. The first-order chi connectivity index (χ1) is 12.9. The molecule has 0 unspecified atom stereocenters. The van der Waals surface area contributed by atoms with Crippen molar-refractivity contribution in [1.82, 2.24) is 4.98 Å². The van der Waals surface area contributed by atoms with Crippen molar-refractivity contribution in [2.45, 2.75) is 34.6 Å². The first kappa shape index (κ1) is 18.8. The van der Waals surface area contributed by atoms with Gasteiger partial charge in [0.2, 0.25) is 0 Å². The van der Waals surface area contributed by atoms with E-state index in [1.165, 1.54) is 28.0 Å². The van der Waals surface area contributed by atoms with E-state index in [1.54, 1.807) is 0 Å². The van der Waals surface area contributed by atoms with Gasteiger partial charge in [0, 0.05) is 10.9 Å². The Morgan fingerprint density at radius 2 is 1.70 bits per heavy atom. The molecule has 3 aromatic rings. The van der Waals surface area contributed by atoms with Gasteiger partial charge in [-0.05, 0) is 62.9 Å². The van der Waals surface area contributed by atoms with Crippen LogP contribution in [0.15, 0.2) is 40.8 Å². The fourth-order valence-corrected chi connectivity index (χ4v) is 3.77. The van der Waals surface area contributed by atoms with Gasteiger partial charge in [-0.1, -0.05) is 29.8 Å². The number of hydrogen-bond acceptors (Lipinski definition) is 5. The molecule has 4 nitrogen and oxygen atoms in total. The van der Waals surface area contributed by atoms with Crippen LogP contribution in [0.2, 0.25) is 0 Å². The summed E-state index contributed by atoms with van der Waals surface area (Å²) < 4.78 is 0. The monoisotopic (exact) mass is 374 g/mol. The van der Waals surface area contributed by atoms with E-state index in [2.05, 4.69) is 72.7 Å². The maximum atomic E-state index is 9.55. The number of nitrogens with one attached hydrogen (secondary N) is 1. The van der Waals surface area contributed by atoms with E-state index in [-0.39, 0.29) is 5.71 Å². The van der Waals surface area contributed by atoms with Gasteiger partial charge in [-0.2, -0.15) is 10.4 Å². The van der Waals surface area contributed by atoms with Crippen LogP contribution in [-0.2, 0) is 0 Å². The molecule has 136 valence electrons. The molecular formula is C22H22N4S. The molecule has 0 amide bonds. The highest BCUT2D eigenvalue weighted by Gasteiger charge is 2.12. The van der Waals surface area contributed by atoms with Gasteiger partial charge in [0.05, 0.1) is 11.4 Å². The summed E-state index contributed by atoms with van der Waals surface area (Å²) in [6.45, 7) is 10.3. The quantitative estimate of drug-likeness (QED) is 0.471. The number of hydrogen-bond donors (Lipinski definition) is 1. The third-order valence-corrected chi connectivity index (χ3v) is 5.42. The van der Waals surface area contributed by atoms with Crippen molar-refractivity contribution in [3.05, 3.63) is 68.5 Å². The molecule has 1 heterocycles. The Labute approximate surface area is 164 Å². The van der Waals surface area contributed by atoms with Crippen molar-refractivity contribution in [2.75, 3.05) is 5.43 Å². The van der Waals surface area contributed by atoms with Crippen molar-refractivity contribution < 1.29 is 0 Å². The number of nitrogens with zero attached hydrogens (tertiary/aromatic N) is 3. The third-order valence-electron chi connectivity index (χ3n) is 4.57. The maximum absolute atomic E-state index is 9.55. The second kappa shape index (κ2) is 7.73. The summed E-state index contributed by atoms with van der Waals surface area (Å²) in [4.78, 5) is 4.62. The van der Waals surface area contributed by atoms with Gasteiger partial charge in [-0.25, -0.2) is 4.98 Å². The molecular weight excluding hydrogens is 352 g/mol. The maximum Gasteiger partial charge on any atom is 0.196 e. The molecule has 1 N–H and O–H groups in total. The summed E-state index contributed by atoms with van der Waals surface area (Å²) in [5.74, 6) is 0. The molecule has 1 aromatic heterocycles. The topological polar surface area (TPSA) is 61.1 Å². The van der Waals surface area contributed by atoms with E-state index in [9.17, 15) is 5.26 Å². The lowest BCUT2D eigenvalue weighted by atomic mass is 10.1. The van der Waals surface area contributed by atoms with Crippen LogP contribution >= 0.6 is 11.3 Å². The van der Waals surface area contributed by atoms with Crippen LogP contribution in [0.25, 0.3) is 11.3 Å². The number of aromatic nitrogens is 1. The SMILES string of the molecule is Cc1cc(C)c(NN=C(C#N)c2nc(-c3ccc(C)c(C)c3)cs2)c(C)c1. The van der Waals surface area contributed by atoms with Gasteiger partial charge >= 0.3 is 0 Å². The normalized spacial score (nSPS) is 11.3. The summed E-state index contributed by atoms with van der Waals surface area (Å²) in [6, 6.07) is 12.6. The highest BCUT2D eigenvalue weighted by atomic mass is 32.1. The van der Waals surface area contributed by atoms with E-state index >= 15 is 0 Å². The van der Waals surface area contributed by atoms with Crippen LogP contribution in [-0.4, -0.2) is 10.7 Å². The molecule has 0 bridgehead atoms. The molecule has 5 heteroatoms. The Hall–Kier alpha value is -2.97. The van der Waals surface area contributed by atoms with Gasteiger partial charge in [-0.15, -0.1) is 11.3 Å². The third kappa shape index (κ3) is 4.07. The average molecular weight is 375 g/mol. The zero-order valence-corrected chi connectivity index (χ0v) is 17.0. The highest BCUT2D eigenvalue weighted by Crippen LogP contribution is 2.25. The fraction of sp³-hybridized carbons (Fsp3) is 0.227. The number of thiazole rings is 1. The number of anilines is 1. The Balaban J connectivity index is 1.89. The van der Waals surface area contributed by atoms with Crippen molar-refractivity contribution in [2.24, 2.45) is 5.10 Å². The fourth-order valence-electron chi connectivity index (χ4n) is 3.00. The Kier molecular flexibility index (Phi) is 5.38. The predicted molar refractivity (Wildman–Crippen MR) is 113 cm³/mol. The number of rotatable bonds is 4. The van der Waals surface area contributed by atoms with E-state index in [4.69, 9.17) is 0 Å². The van der Waals surface area contributed by atoms with E-state index in [0.29, 0.717) is 5.01 Å². The van der Waals surface area contributed by atoms with Gasteiger partial charge < -0.3 is 0 Å². The number of nitriles is 1. The molecule has 0 atom stereocenters. The molecule has 0 aliphatic rings. The van der Waals surface area contributed by atoms with Crippen molar-refractivity contribution in [1.29, 1.82) is 5.26 Å². The molecule has 0 aliphatic heterocycles. The van der Waals surface area contributed by atoms with Crippen molar-refractivity contribution in [3.8, 4) is 17.3 Å². The molecule has 2 aromatic carbocycles. The van der Waals surface area contributed by atoms with Gasteiger partial charge in [-0.3, -0.25) is 5.43 Å². The van der Waals surface area contributed by atoms with Crippen LogP contribution < -0.4 is 5.43 Å². The minimum Gasteiger partial charge on any atom is -0.277 e. The van der Waals surface area contributed by atoms with Gasteiger partial charge in [0.25, 0.3) is 0 Å². The second-order valence-electron chi connectivity index (χ2n) is 6.79. The van der Waals surface area contributed by atoms with E-state index in [0.717, 1.165) is 28.1 Å². The zero-order valence-electron chi connectivity index (χ0n) is 16.2. The van der Waals surface area contributed by atoms with Crippen LogP contribution in [0.4, 0.5) is 5.69 Å². The summed E-state index contributed by atoms with van der Waals surface area (Å²) in [7, 11) is 0. The highest BCUT2D eigenvalue weighted by molar-refractivity contribution is 7.12. The number of hydrazone groups is 1. The number of benzene rings is 2.